The van der Waals surface area contributed by atoms with Crippen LogP contribution in [0.5, 0.6) is 5.75 Å². The molecule has 0 N–H and O–H groups in total. The van der Waals surface area contributed by atoms with Crippen molar-refractivity contribution in [2.24, 2.45) is 0 Å². The molecule has 1 heterocycles. The molecule has 0 unspecified atom stereocenters. The molecule has 0 atom stereocenters. The van der Waals surface area contributed by atoms with E-state index in [9.17, 15) is 4.79 Å². The molecule has 0 saturated heterocycles. The van der Waals surface area contributed by atoms with E-state index >= 15 is 0 Å². The summed E-state index contributed by atoms with van der Waals surface area (Å²) in [4.78, 5) is 13.0. The Bertz CT molecular complexity index is 1040. The Kier molecular flexibility index (Phi) is 4.83. The lowest BCUT2D eigenvalue weighted by molar-refractivity contribution is 0.0891. The first-order valence-electron chi connectivity index (χ1n) is 8.24. The fraction of sp³-hybridized carbons (Fsp3) is 0.0952. The predicted octanol–water partition coefficient (Wildman–Crippen LogP) is 6.43. The van der Waals surface area contributed by atoms with E-state index in [2.05, 4.69) is 31.9 Å². The zero-order valence-electron chi connectivity index (χ0n) is 13.8. The van der Waals surface area contributed by atoms with Crippen LogP contribution in [0.4, 0.5) is 0 Å². The van der Waals surface area contributed by atoms with Crippen LogP contribution in [-0.2, 0) is 0 Å². The Hall–Kier alpha value is -2.11. The monoisotopic (exact) mass is 471 g/mol. The summed E-state index contributed by atoms with van der Waals surface area (Å²) < 4.78 is 9.46. The number of para-hydroxylation sites is 1. The molecule has 4 rings (SSSR count). The van der Waals surface area contributed by atoms with Crippen LogP contribution in [0.2, 0.25) is 0 Å². The molecule has 0 aliphatic heterocycles. The van der Waals surface area contributed by atoms with Gasteiger partial charge >= 0.3 is 0 Å². The van der Waals surface area contributed by atoms with Gasteiger partial charge in [0.25, 0.3) is 0 Å². The summed E-state index contributed by atoms with van der Waals surface area (Å²) in [5, 5.41) is 2.10. The van der Waals surface area contributed by atoms with E-state index in [0.29, 0.717) is 13.0 Å². The Morgan fingerprint density at radius 1 is 0.846 bits per heavy atom. The third-order valence-corrected chi connectivity index (χ3v) is 5.25. The van der Waals surface area contributed by atoms with E-state index in [-0.39, 0.29) is 5.91 Å². The maximum Gasteiger partial charge on any atom is 0.235 e. The van der Waals surface area contributed by atoms with Gasteiger partial charge in [0, 0.05) is 19.7 Å². The van der Waals surface area contributed by atoms with Crippen molar-refractivity contribution in [3.8, 4) is 5.75 Å². The molecule has 3 aromatic carbocycles. The highest BCUT2D eigenvalue weighted by atomic mass is 79.9. The quantitative estimate of drug-likeness (QED) is 0.342. The number of fused-ring (bicyclic) bond motifs is 3. The molecule has 26 heavy (non-hydrogen) atoms. The van der Waals surface area contributed by atoms with Crippen molar-refractivity contribution in [3.05, 3.63) is 75.7 Å². The van der Waals surface area contributed by atoms with Gasteiger partial charge in [-0.05, 0) is 48.5 Å². The Balaban J connectivity index is 1.69. The molecular weight excluding hydrogens is 458 g/mol. The van der Waals surface area contributed by atoms with Gasteiger partial charge < -0.3 is 4.74 Å². The number of nitrogens with zero attached hydrogens (tertiary/aromatic N) is 1. The van der Waals surface area contributed by atoms with Gasteiger partial charge in [0.1, 0.15) is 5.75 Å². The van der Waals surface area contributed by atoms with E-state index in [1.54, 1.807) is 4.57 Å². The zero-order chi connectivity index (χ0) is 18.1. The average molecular weight is 473 g/mol. The zero-order valence-corrected chi connectivity index (χ0v) is 17.0. The maximum atomic E-state index is 13.0. The highest BCUT2D eigenvalue weighted by Gasteiger charge is 2.16. The van der Waals surface area contributed by atoms with Crippen LogP contribution in [0.1, 0.15) is 11.2 Å². The third kappa shape index (κ3) is 3.29. The summed E-state index contributed by atoms with van der Waals surface area (Å²) in [6.07, 6.45) is 0.305. The molecule has 130 valence electrons. The highest BCUT2D eigenvalue weighted by molar-refractivity contribution is 9.10. The molecule has 4 aromatic rings. The van der Waals surface area contributed by atoms with Gasteiger partial charge in [0.15, 0.2) is 0 Å². The standard InChI is InChI=1S/C21H15Br2NO2/c22-14-6-8-19-17(12-14)18-13-15(23)7-9-20(18)24(19)21(25)10-11-26-16-4-2-1-3-5-16/h1-9,12-13H,10-11H2. The second kappa shape index (κ2) is 7.25. The van der Waals surface area contributed by atoms with Gasteiger partial charge in [-0.25, -0.2) is 0 Å². The predicted molar refractivity (Wildman–Crippen MR) is 112 cm³/mol. The molecule has 0 spiro atoms. The Morgan fingerprint density at radius 3 is 2.00 bits per heavy atom. The van der Waals surface area contributed by atoms with Crippen molar-refractivity contribution in [1.82, 2.24) is 4.57 Å². The number of benzene rings is 3. The third-order valence-electron chi connectivity index (χ3n) is 4.27. The molecule has 0 radical (unpaired) electrons. The van der Waals surface area contributed by atoms with Crippen LogP contribution >= 0.6 is 31.9 Å². The van der Waals surface area contributed by atoms with Crippen molar-refractivity contribution < 1.29 is 9.53 Å². The fourth-order valence-corrected chi connectivity index (χ4v) is 3.84. The molecule has 1 aromatic heterocycles. The topological polar surface area (TPSA) is 31.2 Å². The largest absolute Gasteiger partial charge is 0.493 e. The van der Waals surface area contributed by atoms with Crippen LogP contribution in [-0.4, -0.2) is 17.1 Å². The normalized spacial score (nSPS) is 11.2. The summed E-state index contributed by atoms with van der Waals surface area (Å²) in [5.41, 5.74) is 1.82. The van der Waals surface area contributed by atoms with E-state index < -0.39 is 0 Å². The summed E-state index contributed by atoms with van der Waals surface area (Å²) in [7, 11) is 0. The number of ether oxygens (including phenoxy) is 1. The van der Waals surface area contributed by atoms with Crippen LogP contribution in [0.15, 0.2) is 75.7 Å². The van der Waals surface area contributed by atoms with Gasteiger partial charge in [-0.3, -0.25) is 9.36 Å². The van der Waals surface area contributed by atoms with Crippen molar-refractivity contribution in [3.63, 3.8) is 0 Å². The molecule has 0 fully saturated rings. The van der Waals surface area contributed by atoms with E-state index in [1.807, 2.05) is 66.7 Å². The number of halogens is 2. The minimum atomic E-state index is 0.0191. The number of rotatable bonds is 4. The van der Waals surface area contributed by atoms with Crippen molar-refractivity contribution in [2.75, 3.05) is 6.61 Å². The molecule has 0 saturated carbocycles. The Labute approximate surface area is 167 Å². The van der Waals surface area contributed by atoms with Crippen LogP contribution < -0.4 is 4.74 Å². The Morgan fingerprint density at radius 2 is 1.42 bits per heavy atom. The fourth-order valence-electron chi connectivity index (χ4n) is 3.12. The van der Waals surface area contributed by atoms with Crippen molar-refractivity contribution >= 4 is 59.6 Å². The van der Waals surface area contributed by atoms with Gasteiger partial charge in [-0.15, -0.1) is 0 Å². The van der Waals surface area contributed by atoms with Crippen LogP contribution in [0.25, 0.3) is 21.8 Å². The minimum absolute atomic E-state index is 0.0191. The second-order valence-corrected chi connectivity index (χ2v) is 7.79. The highest BCUT2D eigenvalue weighted by Crippen LogP contribution is 2.33. The molecule has 0 aliphatic carbocycles. The lowest BCUT2D eigenvalue weighted by atomic mass is 10.2. The molecule has 0 amide bonds. The number of hydrogen-bond acceptors (Lipinski definition) is 2. The first-order chi connectivity index (χ1) is 12.6. The van der Waals surface area contributed by atoms with E-state index in [4.69, 9.17) is 4.74 Å². The maximum absolute atomic E-state index is 13.0. The number of carbonyl (C=O) groups is 1. The van der Waals surface area contributed by atoms with E-state index in [1.165, 1.54) is 0 Å². The number of hydrogen-bond donors (Lipinski definition) is 0. The van der Waals surface area contributed by atoms with Gasteiger partial charge in [-0.1, -0.05) is 50.1 Å². The summed E-state index contributed by atoms with van der Waals surface area (Å²) in [6.45, 7) is 0.344. The minimum Gasteiger partial charge on any atom is -0.493 e. The SMILES string of the molecule is O=C(CCOc1ccccc1)n1c2ccc(Br)cc2c2cc(Br)ccc21. The van der Waals surface area contributed by atoms with Gasteiger partial charge in [0.05, 0.1) is 24.1 Å². The average Bonchev–Trinajstić information content (AvgIpc) is 2.95. The second-order valence-electron chi connectivity index (χ2n) is 5.96. The smallest absolute Gasteiger partial charge is 0.235 e. The molecule has 0 aliphatic rings. The van der Waals surface area contributed by atoms with Gasteiger partial charge in [0.2, 0.25) is 5.91 Å². The number of carbonyl (C=O) groups excluding carboxylic acids is 1. The summed E-state index contributed by atoms with van der Waals surface area (Å²) in [5.74, 6) is 0.793. The molecular formula is C21H15Br2NO2. The van der Waals surface area contributed by atoms with Crippen LogP contribution in [0.3, 0.4) is 0 Å². The summed E-state index contributed by atoms with van der Waals surface area (Å²) in [6, 6.07) is 21.5. The first kappa shape index (κ1) is 17.3. The molecule has 3 nitrogen and oxygen atoms in total. The van der Waals surface area contributed by atoms with Gasteiger partial charge in [-0.2, -0.15) is 0 Å². The molecule has 5 heteroatoms. The van der Waals surface area contributed by atoms with Crippen LogP contribution in [0, 0.1) is 0 Å². The van der Waals surface area contributed by atoms with E-state index in [0.717, 1.165) is 36.5 Å². The lowest BCUT2D eigenvalue weighted by Crippen LogP contribution is -2.14. The number of aromatic nitrogens is 1. The van der Waals surface area contributed by atoms with Crippen molar-refractivity contribution in [2.45, 2.75) is 6.42 Å². The lowest BCUT2D eigenvalue weighted by Gasteiger charge is -2.08. The van der Waals surface area contributed by atoms with Crippen molar-refractivity contribution in [1.29, 1.82) is 0 Å². The molecule has 0 bridgehead atoms. The first-order valence-corrected chi connectivity index (χ1v) is 9.82. The summed E-state index contributed by atoms with van der Waals surface area (Å²) >= 11 is 7.05.